The molecule has 0 fully saturated rings. The molecule has 0 aromatic heterocycles. The van der Waals surface area contributed by atoms with E-state index < -0.39 is 0 Å². The number of hydrogen-bond donors (Lipinski definition) is 3. The highest BCUT2D eigenvalue weighted by Crippen LogP contribution is 2.36. The standard InChI is InChI=1S/C72H60N4O3/c1-49(2)70(77)73-64-37-31-61(32-38-64)58-25-13-52(14-26-58)7-10-55-19-43-67(44-20-55)76(68-45-21-56(22-46-68)11-8-53-15-27-59(28-16-53)62-33-39-65(40-34-62)74-71(78)50(3)4)69-47-23-57(24-48-69)12-9-54-17-29-60(30-18-54)63-35-41-66(42-36-63)75-72(79)51(5)6/h7-48H,1,3,5H2,2,4,6H3,(H,73,77)(H,74,78)(H,75,79). The average molecular weight is 1030 g/mol. The van der Waals surface area contributed by atoms with Gasteiger partial charge in [-0.15, -0.1) is 0 Å². The van der Waals surface area contributed by atoms with Gasteiger partial charge >= 0.3 is 0 Å². The highest BCUT2D eigenvalue weighted by atomic mass is 16.2. The fraction of sp³-hybridized carbons (Fsp3) is 0.0417. The van der Waals surface area contributed by atoms with Crippen molar-refractivity contribution in [2.75, 3.05) is 20.9 Å². The smallest absolute Gasteiger partial charge is 0.250 e. The van der Waals surface area contributed by atoms with Gasteiger partial charge in [0, 0.05) is 50.8 Å². The van der Waals surface area contributed by atoms with Crippen molar-refractivity contribution in [1.29, 1.82) is 0 Å². The summed E-state index contributed by atoms with van der Waals surface area (Å²) < 4.78 is 0. The van der Waals surface area contributed by atoms with Crippen molar-refractivity contribution in [3.05, 3.63) is 288 Å². The van der Waals surface area contributed by atoms with Crippen LogP contribution >= 0.6 is 0 Å². The maximum atomic E-state index is 12.0. The van der Waals surface area contributed by atoms with Crippen LogP contribution in [0.2, 0.25) is 0 Å². The molecule has 7 nitrogen and oxygen atoms in total. The third kappa shape index (κ3) is 14.3. The number of nitrogens with one attached hydrogen (secondary N) is 3. The molecule has 0 aliphatic rings. The second kappa shape index (κ2) is 25.0. The fourth-order valence-corrected chi connectivity index (χ4v) is 8.54. The van der Waals surface area contributed by atoms with Gasteiger partial charge in [-0.2, -0.15) is 0 Å². The second-order valence-electron chi connectivity index (χ2n) is 19.4. The lowest BCUT2D eigenvalue weighted by Crippen LogP contribution is -2.11. The number of carbonyl (C=O) groups is 3. The Hall–Kier alpha value is -10.4. The summed E-state index contributed by atoms with van der Waals surface area (Å²) in [6, 6.07) is 74.5. The third-order valence-corrected chi connectivity index (χ3v) is 13.2. The Balaban J connectivity index is 0.898. The number of nitrogens with zero attached hydrogens (tertiary/aromatic N) is 1. The van der Waals surface area contributed by atoms with Crippen molar-refractivity contribution >= 4 is 88.3 Å². The zero-order chi connectivity index (χ0) is 55.3. The predicted octanol–water partition coefficient (Wildman–Crippen LogP) is 18.2. The first-order chi connectivity index (χ1) is 38.3. The second-order valence-corrected chi connectivity index (χ2v) is 19.4. The van der Waals surface area contributed by atoms with E-state index in [0.29, 0.717) is 16.7 Å². The molecule has 9 aromatic rings. The Morgan fingerprint density at radius 1 is 0.278 bits per heavy atom. The largest absolute Gasteiger partial charge is 0.322 e. The zero-order valence-corrected chi connectivity index (χ0v) is 44.5. The molecule has 79 heavy (non-hydrogen) atoms. The van der Waals surface area contributed by atoms with E-state index >= 15 is 0 Å². The summed E-state index contributed by atoms with van der Waals surface area (Å²) in [5.41, 5.74) is 19.6. The highest BCUT2D eigenvalue weighted by molar-refractivity contribution is 6.04. The summed E-state index contributed by atoms with van der Waals surface area (Å²) in [4.78, 5) is 38.4. The van der Waals surface area contributed by atoms with Crippen LogP contribution in [0.15, 0.2) is 255 Å². The summed E-state index contributed by atoms with van der Waals surface area (Å²) in [6.07, 6.45) is 12.7. The molecule has 0 saturated heterocycles. The van der Waals surface area contributed by atoms with Gasteiger partial charge in [0.2, 0.25) is 0 Å². The van der Waals surface area contributed by atoms with E-state index in [4.69, 9.17) is 0 Å². The number of carbonyl (C=O) groups excluding carboxylic acids is 3. The first-order valence-corrected chi connectivity index (χ1v) is 26.0. The van der Waals surface area contributed by atoms with E-state index in [0.717, 1.165) is 101 Å². The van der Waals surface area contributed by atoms with Crippen molar-refractivity contribution in [2.45, 2.75) is 20.8 Å². The van der Waals surface area contributed by atoms with Crippen molar-refractivity contribution in [3.8, 4) is 33.4 Å². The van der Waals surface area contributed by atoms with Crippen LogP contribution in [-0.4, -0.2) is 17.7 Å². The van der Waals surface area contributed by atoms with Crippen LogP contribution in [0.3, 0.4) is 0 Å². The first-order valence-electron chi connectivity index (χ1n) is 26.0. The van der Waals surface area contributed by atoms with E-state index in [1.54, 1.807) is 20.8 Å². The van der Waals surface area contributed by atoms with E-state index in [1.165, 1.54) is 0 Å². The maximum Gasteiger partial charge on any atom is 0.250 e. The van der Waals surface area contributed by atoms with Crippen molar-refractivity contribution in [1.82, 2.24) is 0 Å². The fourth-order valence-electron chi connectivity index (χ4n) is 8.54. The molecule has 3 N–H and O–H groups in total. The van der Waals surface area contributed by atoms with Gasteiger partial charge in [0.1, 0.15) is 0 Å². The van der Waals surface area contributed by atoms with Crippen LogP contribution in [0, 0.1) is 0 Å². The van der Waals surface area contributed by atoms with Gasteiger partial charge in [-0.1, -0.05) is 202 Å². The Morgan fingerprint density at radius 2 is 0.443 bits per heavy atom. The van der Waals surface area contributed by atoms with Crippen molar-refractivity contribution in [2.24, 2.45) is 0 Å². The zero-order valence-electron chi connectivity index (χ0n) is 44.5. The van der Waals surface area contributed by atoms with E-state index in [2.05, 4.69) is 223 Å². The Labute approximate surface area is 463 Å². The van der Waals surface area contributed by atoms with E-state index in [9.17, 15) is 14.4 Å². The van der Waals surface area contributed by atoms with E-state index in [1.807, 2.05) is 72.8 Å². The lowest BCUT2D eigenvalue weighted by Gasteiger charge is -2.26. The van der Waals surface area contributed by atoms with Crippen molar-refractivity contribution in [3.63, 3.8) is 0 Å². The normalized spacial score (nSPS) is 11.1. The molecule has 0 heterocycles. The summed E-state index contributed by atoms with van der Waals surface area (Å²) in [6.45, 7) is 16.2. The van der Waals surface area contributed by atoms with Crippen LogP contribution in [0.25, 0.3) is 69.8 Å². The minimum absolute atomic E-state index is 0.190. The maximum absolute atomic E-state index is 12.0. The topological polar surface area (TPSA) is 90.5 Å². The number of amides is 3. The van der Waals surface area contributed by atoms with E-state index in [-0.39, 0.29) is 17.7 Å². The molecule has 0 spiro atoms. The van der Waals surface area contributed by atoms with Crippen LogP contribution in [0.4, 0.5) is 34.1 Å². The molecule has 9 rings (SSSR count). The van der Waals surface area contributed by atoms with Gasteiger partial charge in [-0.25, -0.2) is 0 Å². The minimum Gasteiger partial charge on any atom is -0.322 e. The van der Waals surface area contributed by atoms with Gasteiger partial charge in [-0.3, -0.25) is 14.4 Å². The Kier molecular flexibility index (Phi) is 16.9. The SMILES string of the molecule is C=C(C)C(=O)Nc1ccc(-c2ccc(C=Cc3ccc(N(c4ccc(C=Cc5ccc(-c6ccc(NC(=O)C(=C)C)cc6)cc5)cc4)c4ccc(C=Cc5ccc(-c6ccc(NC(=O)C(=C)C)cc6)cc5)cc4)cc3)cc2)cc1. The number of benzene rings is 9. The van der Waals surface area contributed by atoms with Gasteiger partial charge in [0.15, 0.2) is 0 Å². The van der Waals surface area contributed by atoms with Crippen LogP contribution < -0.4 is 20.9 Å². The molecule has 0 bridgehead atoms. The molecule has 0 radical (unpaired) electrons. The molecule has 0 atom stereocenters. The third-order valence-electron chi connectivity index (χ3n) is 13.2. The molecule has 0 unspecified atom stereocenters. The number of rotatable bonds is 18. The molecule has 386 valence electrons. The summed E-state index contributed by atoms with van der Waals surface area (Å²) in [7, 11) is 0. The van der Waals surface area contributed by atoms with Crippen LogP contribution in [0.1, 0.15) is 54.2 Å². The lowest BCUT2D eigenvalue weighted by atomic mass is 10.0. The molecule has 9 aromatic carbocycles. The Morgan fingerprint density at radius 3 is 0.620 bits per heavy atom. The average Bonchev–Trinajstić information content (AvgIpc) is 3.47. The van der Waals surface area contributed by atoms with Crippen LogP contribution in [-0.2, 0) is 14.4 Å². The number of hydrogen-bond acceptors (Lipinski definition) is 4. The minimum atomic E-state index is -0.190. The lowest BCUT2D eigenvalue weighted by molar-refractivity contribution is -0.113. The van der Waals surface area contributed by atoms with Crippen LogP contribution in [0.5, 0.6) is 0 Å². The molecule has 7 heteroatoms. The predicted molar refractivity (Wildman–Crippen MR) is 334 cm³/mol. The molecule has 3 amide bonds. The van der Waals surface area contributed by atoms with Gasteiger partial charge in [0.05, 0.1) is 0 Å². The molecule has 0 aliphatic heterocycles. The summed E-state index contributed by atoms with van der Waals surface area (Å²) in [5, 5.41) is 8.58. The summed E-state index contributed by atoms with van der Waals surface area (Å²) >= 11 is 0. The number of anilines is 6. The Bertz CT molecular complexity index is 3340. The summed E-state index contributed by atoms with van der Waals surface area (Å²) in [5.74, 6) is -0.570. The van der Waals surface area contributed by atoms with Gasteiger partial charge in [-0.05, 0) is 160 Å². The molecule has 0 aliphatic carbocycles. The van der Waals surface area contributed by atoms with Crippen molar-refractivity contribution < 1.29 is 14.4 Å². The quantitative estimate of drug-likeness (QED) is 0.0590. The van der Waals surface area contributed by atoms with Gasteiger partial charge in [0.25, 0.3) is 17.7 Å². The molecular formula is C72H60N4O3. The highest BCUT2D eigenvalue weighted by Gasteiger charge is 2.13. The molecular weight excluding hydrogens is 969 g/mol. The monoisotopic (exact) mass is 1030 g/mol. The van der Waals surface area contributed by atoms with Gasteiger partial charge < -0.3 is 20.9 Å². The first kappa shape index (κ1) is 53.5. The molecule has 0 saturated carbocycles.